The number of aliphatic hydroxyl groups excluding tert-OH is 1. The average molecular weight is 306 g/mol. The van der Waals surface area contributed by atoms with Gasteiger partial charge >= 0.3 is 5.97 Å². The molecular weight excluding hydrogens is 295 g/mol. The number of halogens is 1. The van der Waals surface area contributed by atoms with Gasteiger partial charge in [0.1, 0.15) is 0 Å². The van der Waals surface area contributed by atoms with E-state index in [1.165, 1.54) is 7.11 Å². The SMILES string of the molecule is COC(=O)[C@H](O)Cc1ccccc1I. The Morgan fingerprint density at radius 2 is 2.21 bits per heavy atom. The Kier molecular flexibility index (Phi) is 4.34. The van der Waals surface area contributed by atoms with Crippen LogP contribution >= 0.6 is 22.6 Å². The third-order valence-electron chi connectivity index (χ3n) is 1.84. The van der Waals surface area contributed by atoms with Gasteiger partial charge in [0, 0.05) is 9.99 Å². The maximum atomic E-state index is 11.0. The molecule has 1 rings (SSSR count). The number of aliphatic hydroxyl groups is 1. The molecule has 0 spiro atoms. The molecule has 1 aromatic carbocycles. The first-order chi connectivity index (χ1) is 6.65. The minimum absolute atomic E-state index is 0.297. The Morgan fingerprint density at radius 1 is 1.57 bits per heavy atom. The van der Waals surface area contributed by atoms with Crippen molar-refractivity contribution >= 4 is 28.6 Å². The molecule has 1 N–H and O–H groups in total. The molecule has 0 aromatic heterocycles. The summed E-state index contributed by atoms with van der Waals surface area (Å²) in [4.78, 5) is 11.0. The molecule has 0 radical (unpaired) electrons. The second-order valence-corrected chi connectivity index (χ2v) is 4.00. The maximum absolute atomic E-state index is 11.0. The third kappa shape index (κ3) is 2.95. The van der Waals surface area contributed by atoms with Crippen LogP contribution in [0.3, 0.4) is 0 Å². The second kappa shape index (κ2) is 5.31. The van der Waals surface area contributed by atoms with Crippen molar-refractivity contribution in [3.8, 4) is 0 Å². The van der Waals surface area contributed by atoms with Crippen molar-refractivity contribution in [3.63, 3.8) is 0 Å². The van der Waals surface area contributed by atoms with Crippen LogP contribution in [0.25, 0.3) is 0 Å². The number of benzene rings is 1. The molecule has 76 valence electrons. The van der Waals surface area contributed by atoms with E-state index in [4.69, 9.17) is 0 Å². The number of carbonyl (C=O) groups is 1. The summed E-state index contributed by atoms with van der Waals surface area (Å²) < 4.78 is 5.47. The molecule has 1 aromatic rings. The van der Waals surface area contributed by atoms with Gasteiger partial charge in [-0.3, -0.25) is 0 Å². The molecule has 0 saturated heterocycles. The van der Waals surface area contributed by atoms with Crippen molar-refractivity contribution in [2.24, 2.45) is 0 Å². The summed E-state index contributed by atoms with van der Waals surface area (Å²) in [6, 6.07) is 7.60. The van der Waals surface area contributed by atoms with Crippen LogP contribution in [-0.2, 0) is 16.0 Å². The number of methoxy groups -OCH3 is 1. The largest absolute Gasteiger partial charge is 0.467 e. The van der Waals surface area contributed by atoms with E-state index in [1.807, 2.05) is 24.3 Å². The molecule has 0 aliphatic rings. The Bertz CT molecular complexity index is 325. The monoisotopic (exact) mass is 306 g/mol. The van der Waals surface area contributed by atoms with Crippen LogP contribution in [0.15, 0.2) is 24.3 Å². The minimum Gasteiger partial charge on any atom is -0.467 e. The number of carbonyl (C=O) groups excluding carboxylic acids is 1. The Labute approximate surface area is 96.2 Å². The summed E-state index contributed by atoms with van der Waals surface area (Å²) in [5.74, 6) is -0.593. The summed E-state index contributed by atoms with van der Waals surface area (Å²) in [5, 5.41) is 9.42. The summed E-state index contributed by atoms with van der Waals surface area (Å²) >= 11 is 2.17. The molecule has 0 heterocycles. The van der Waals surface area contributed by atoms with Gasteiger partial charge in [-0.1, -0.05) is 18.2 Å². The van der Waals surface area contributed by atoms with Crippen molar-refractivity contribution < 1.29 is 14.6 Å². The van der Waals surface area contributed by atoms with Gasteiger partial charge in [0.25, 0.3) is 0 Å². The Hall–Kier alpha value is -0.620. The van der Waals surface area contributed by atoms with Gasteiger partial charge in [-0.15, -0.1) is 0 Å². The van der Waals surface area contributed by atoms with Crippen LogP contribution in [0.2, 0.25) is 0 Å². The molecule has 1 atom stereocenters. The predicted octanol–water partition coefficient (Wildman–Crippen LogP) is 1.37. The predicted molar refractivity (Wildman–Crippen MR) is 60.9 cm³/mol. The van der Waals surface area contributed by atoms with E-state index >= 15 is 0 Å². The van der Waals surface area contributed by atoms with E-state index < -0.39 is 12.1 Å². The van der Waals surface area contributed by atoms with Crippen LogP contribution in [0.5, 0.6) is 0 Å². The smallest absolute Gasteiger partial charge is 0.335 e. The summed E-state index contributed by atoms with van der Waals surface area (Å²) in [5.41, 5.74) is 0.950. The average Bonchev–Trinajstić information content (AvgIpc) is 2.20. The highest BCUT2D eigenvalue weighted by Gasteiger charge is 2.16. The van der Waals surface area contributed by atoms with Crippen LogP contribution in [0.4, 0.5) is 0 Å². The van der Waals surface area contributed by atoms with Gasteiger partial charge in [-0.2, -0.15) is 0 Å². The minimum atomic E-state index is -1.07. The summed E-state index contributed by atoms with van der Waals surface area (Å²) in [6.07, 6.45) is -0.776. The van der Waals surface area contributed by atoms with Crippen LogP contribution in [-0.4, -0.2) is 24.3 Å². The van der Waals surface area contributed by atoms with Gasteiger partial charge in [0.2, 0.25) is 0 Å². The highest BCUT2D eigenvalue weighted by molar-refractivity contribution is 14.1. The van der Waals surface area contributed by atoms with E-state index in [0.717, 1.165) is 9.13 Å². The fourth-order valence-corrected chi connectivity index (χ4v) is 1.70. The van der Waals surface area contributed by atoms with E-state index in [1.54, 1.807) is 0 Å². The number of ether oxygens (including phenoxy) is 1. The normalized spacial score (nSPS) is 12.2. The van der Waals surface area contributed by atoms with Crippen LogP contribution in [0.1, 0.15) is 5.56 Å². The zero-order valence-electron chi connectivity index (χ0n) is 7.74. The molecule has 0 amide bonds. The van der Waals surface area contributed by atoms with Gasteiger partial charge in [-0.25, -0.2) is 4.79 Å². The first kappa shape index (κ1) is 11.5. The number of hydrogen-bond acceptors (Lipinski definition) is 3. The molecule has 0 unspecified atom stereocenters. The molecule has 0 aliphatic heterocycles. The lowest BCUT2D eigenvalue weighted by atomic mass is 10.1. The van der Waals surface area contributed by atoms with Gasteiger partial charge in [-0.05, 0) is 34.2 Å². The molecule has 0 aliphatic carbocycles. The number of hydrogen-bond donors (Lipinski definition) is 1. The van der Waals surface area contributed by atoms with Crippen molar-refractivity contribution in [3.05, 3.63) is 33.4 Å². The molecule has 0 saturated carbocycles. The Balaban J connectivity index is 2.69. The van der Waals surface area contributed by atoms with Gasteiger partial charge in [0.15, 0.2) is 6.10 Å². The zero-order valence-corrected chi connectivity index (χ0v) is 9.89. The lowest BCUT2D eigenvalue weighted by Gasteiger charge is -2.09. The fraction of sp³-hybridized carbons (Fsp3) is 0.300. The second-order valence-electron chi connectivity index (χ2n) is 2.83. The molecule has 3 nitrogen and oxygen atoms in total. The first-order valence-corrected chi connectivity index (χ1v) is 5.22. The molecule has 4 heteroatoms. The lowest BCUT2D eigenvalue weighted by Crippen LogP contribution is -2.24. The number of esters is 1. The lowest BCUT2D eigenvalue weighted by molar-refractivity contribution is -0.150. The van der Waals surface area contributed by atoms with Gasteiger partial charge < -0.3 is 9.84 Å². The van der Waals surface area contributed by atoms with Crippen molar-refractivity contribution in [2.75, 3.05) is 7.11 Å². The van der Waals surface area contributed by atoms with Crippen molar-refractivity contribution in [2.45, 2.75) is 12.5 Å². The van der Waals surface area contributed by atoms with E-state index in [2.05, 4.69) is 27.3 Å². The van der Waals surface area contributed by atoms with Crippen molar-refractivity contribution in [1.29, 1.82) is 0 Å². The first-order valence-electron chi connectivity index (χ1n) is 4.14. The topological polar surface area (TPSA) is 46.5 Å². The van der Waals surface area contributed by atoms with Crippen LogP contribution in [0, 0.1) is 3.57 Å². The zero-order chi connectivity index (χ0) is 10.6. The summed E-state index contributed by atoms with van der Waals surface area (Å²) in [7, 11) is 1.27. The highest BCUT2D eigenvalue weighted by Crippen LogP contribution is 2.13. The third-order valence-corrected chi connectivity index (χ3v) is 2.90. The molecule has 14 heavy (non-hydrogen) atoms. The van der Waals surface area contributed by atoms with E-state index in [-0.39, 0.29) is 0 Å². The van der Waals surface area contributed by atoms with Gasteiger partial charge in [0.05, 0.1) is 7.11 Å². The highest BCUT2D eigenvalue weighted by atomic mass is 127. The molecule has 0 bridgehead atoms. The molecular formula is C10H11IO3. The quantitative estimate of drug-likeness (QED) is 0.678. The fourth-order valence-electron chi connectivity index (χ4n) is 1.09. The number of rotatable bonds is 3. The van der Waals surface area contributed by atoms with E-state index in [9.17, 15) is 9.90 Å². The summed E-state index contributed by atoms with van der Waals surface area (Å²) in [6.45, 7) is 0. The standard InChI is InChI=1S/C10H11IO3/c1-14-10(13)9(12)6-7-4-2-3-5-8(7)11/h2-5,9,12H,6H2,1H3/t9-/m1/s1. The van der Waals surface area contributed by atoms with Crippen LogP contribution < -0.4 is 0 Å². The molecule has 0 fully saturated rings. The maximum Gasteiger partial charge on any atom is 0.335 e. The van der Waals surface area contributed by atoms with Crippen molar-refractivity contribution in [1.82, 2.24) is 0 Å². The van der Waals surface area contributed by atoms with E-state index in [0.29, 0.717) is 6.42 Å². The Morgan fingerprint density at radius 3 is 2.79 bits per heavy atom.